The summed E-state index contributed by atoms with van der Waals surface area (Å²) in [6.45, 7) is 6.98. The molecule has 0 aliphatic heterocycles. The van der Waals surface area contributed by atoms with Gasteiger partial charge in [0.25, 0.3) is 0 Å². The van der Waals surface area contributed by atoms with Crippen LogP contribution in [0.2, 0.25) is 0 Å². The van der Waals surface area contributed by atoms with E-state index in [2.05, 4.69) is 26.1 Å². The normalized spacial score (nSPS) is 33.1. The Kier molecular flexibility index (Phi) is 3.28. The average Bonchev–Trinajstić information content (AvgIpc) is 2.85. The van der Waals surface area contributed by atoms with Crippen LogP contribution in [-0.4, -0.2) is 11.0 Å². The van der Waals surface area contributed by atoms with Crippen molar-refractivity contribution in [2.24, 2.45) is 22.5 Å². The Bertz CT molecular complexity index is 594. The van der Waals surface area contributed by atoms with Gasteiger partial charge in [-0.2, -0.15) is 0 Å². The summed E-state index contributed by atoms with van der Waals surface area (Å²) in [5.41, 5.74) is 7.26. The van der Waals surface area contributed by atoms with E-state index in [9.17, 15) is 4.39 Å². The highest BCUT2D eigenvalue weighted by atomic mass is 32.1. The number of halogens is 1. The maximum absolute atomic E-state index is 14.0. The topological polar surface area (TPSA) is 38.0 Å². The van der Waals surface area contributed by atoms with Crippen molar-refractivity contribution in [3.05, 3.63) is 29.6 Å². The van der Waals surface area contributed by atoms with Gasteiger partial charge in [-0.3, -0.25) is 0 Å². The Balaban J connectivity index is 1.98. The summed E-state index contributed by atoms with van der Waals surface area (Å²) in [5.74, 6) is 0.389. The minimum absolute atomic E-state index is 0.113. The quantitative estimate of drug-likeness (QED) is 0.826. The Hall–Kier alpha value is -1.16. The molecule has 0 amide bonds. The molecule has 2 bridgehead atoms. The molecule has 2 aliphatic carbocycles. The van der Waals surface area contributed by atoms with Crippen molar-refractivity contribution < 1.29 is 4.39 Å². The third kappa shape index (κ3) is 2.15. The molecule has 114 valence electrons. The zero-order valence-electron chi connectivity index (χ0n) is 12.9. The third-order valence-electron chi connectivity index (χ3n) is 5.83. The third-order valence-corrected chi connectivity index (χ3v) is 6.03. The van der Waals surface area contributed by atoms with Gasteiger partial charge < -0.3 is 11.1 Å². The Morgan fingerprint density at radius 2 is 2.10 bits per heavy atom. The summed E-state index contributed by atoms with van der Waals surface area (Å²) in [4.78, 5) is 0.113. The van der Waals surface area contributed by atoms with Gasteiger partial charge in [-0.05, 0) is 48.1 Å². The molecular formula is C17H23FN2S. The van der Waals surface area contributed by atoms with E-state index >= 15 is 0 Å². The first kappa shape index (κ1) is 14.8. The molecular weight excluding hydrogens is 283 g/mol. The zero-order valence-corrected chi connectivity index (χ0v) is 13.7. The van der Waals surface area contributed by atoms with Gasteiger partial charge in [-0.1, -0.05) is 39.1 Å². The minimum atomic E-state index is -0.349. The van der Waals surface area contributed by atoms with Gasteiger partial charge >= 0.3 is 0 Å². The first-order valence-electron chi connectivity index (χ1n) is 7.60. The summed E-state index contributed by atoms with van der Waals surface area (Å²) >= 11 is 5.03. The second-order valence-corrected chi connectivity index (χ2v) is 7.96. The lowest BCUT2D eigenvalue weighted by atomic mass is 9.68. The van der Waals surface area contributed by atoms with E-state index in [1.807, 2.05) is 6.07 Å². The molecule has 3 rings (SSSR count). The number of anilines is 1. The van der Waals surface area contributed by atoms with Crippen LogP contribution in [0.4, 0.5) is 10.1 Å². The average molecular weight is 306 g/mol. The van der Waals surface area contributed by atoms with Gasteiger partial charge in [-0.15, -0.1) is 0 Å². The lowest BCUT2D eigenvalue weighted by Crippen LogP contribution is -2.46. The number of nitrogens with one attached hydrogen (secondary N) is 1. The second kappa shape index (κ2) is 4.67. The van der Waals surface area contributed by atoms with Crippen molar-refractivity contribution >= 4 is 22.9 Å². The van der Waals surface area contributed by atoms with Gasteiger partial charge in [0.1, 0.15) is 10.8 Å². The van der Waals surface area contributed by atoms with Crippen LogP contribution in [-0.2, 0) is 0 Å². The van der Waals surface area contributed by atoms with Gasteiger partial charge in [-0.25, -0.2) is 4.39 Å². The fraction of sp³-hybridized carbons (Fsp3) is 0.588. The smallest absolute Gasteiger partial charge is 0.135 e. The molecule has 0 saturated heterocycles. The SMILES string of the molecule is CC12CCC(C1)C(C)(C)C2Nc1cccc(F)c1C(N)=S. The predicted octanol–water partition coefficient (Wildman–Crippen LogP) is 4.09. The highest BCUT2D eigenvalue weighted by Gasteiger charge is 2.59. The first-order chi connectivity index (χ1) is 9.75. The van der Waals surface area contributed by atoms with Crippen molar-refractivity contribution in [2.45, 2.75) is 46.1 Å². The second-order valence-electron chi connectivity index (χ2n) is 7.52. The van der Waals surface area contributed by atoms with Gasteiger partial charge in [0.05, 0.1) is 5.56 Å². The largest absolute Gasteiger partial charge is 0.389 e. The number of thiocarbonyl (C=S) groups is 1. The highest BCUT2D eigenvalue weighted by Crippen LogP contribution is 2.63. The van der Waals surface area contributed by atoms with Gasteiger partial charge in [0.2, 0.25) is 0 Å². The van der Waals surface area contributed by atoms with Crippen LogP contribution in [0.25, 0.3) is 0 Å². The van der Waals surface area contributed by atoms with Crippen molar-refractivity contribution in [1.82, 2.24) is 0 Å². The molecule has 1 aromatic rings. The molecule has 3 unspecified atom stereocenters. The van der Waals surface area contributed by atoms with Gasteiger partial charge in [0, 0.05) is 11.7 Å². The van der Waals surface area contributed by atoms with Gasteiger partial charge in [0.15, 0.2) is 0 Å². The van der Waals surface area contributed by atoms with Crippen molar-refractivity contribution in [1.29, 1.82) is 0 Å². The molecule has 0 radical (unpaired) electrons. The van der Waals surface area contributed by atoms with Crippen molar-refractivity contribution in [3.8, 4) is 0 Å². The lowest BCUT2D eigenvalue weighted by Gasteiger charge is -2.44. The zero-order chi connectivity index (χ0) is 15.4. The molecule has 3 N–H and O–H groups in total. The van der Waals surface area contributed by atoms with Crippen LogP contribution in [0, 0.1) is 22.6 Å². The van der Waals surface area contributed by atoms with Crippen LogP contribution in [0.5, 0.6) is 0 Å². The lowest BCUT2D eigenvalue weighted by molar-refractivity contribution is 0.155. The molecule has 2 saturated carbocycles. The molecule has 2 aliphatic rings. The standard InChI is InChI=1S/C17H23FN2S/c1-16(2)10-7-8-17(3,9-10)15(16)20-12-6-4-5-11(18)13(12)14(19)21/h4-6,10,15,20H,7-9H2,1-3H3,(H2,19,21). The number of nitrogens with two attached hydrogens (primary N) is 1. The fourth-order valence-corrected chi connectivity index (χ4v) is 4.92. The highest BCUT2D eigenvalue weighted by molar-refractivity contribution is 7.80. The van der Waals surface area contributed by atoms with Crippen LogP contribution in [0.1, 0.15) is 45.6 Å². The van der Waals surface area contributed by atoms with E-state index in [0.717, 1.165) is 11.6 Å². The molecule has 0 spiro atoms. The van der Waals surface area contributed by atoms with E-state index in [-0.39, 0.29) is 21.6 Å². The van der Waals surface area contributed by atoms with E-state index in [0.29, 0.717) is 11.6 Å². The monoisotopic (exact) mass is 306 g/mol. The number of hydrogen-bond acceptors (Lipinski definition) is 2. The molecule has 4 heteroatoms. The van der Waals surface area contributed by atoms with Crippen molar-refractivity contribution in [2.75, 3.05) is 5.32 Å². The van der Waals surface area contributed by atoms with E-state index in [1.165, 1.54) is 25.3 Å². The van der Waals surface area contributed by atoms with Crippen LogP contribution < -0.4 is 11.1 Å². The summed E-state index contributed by atoms with van der Waals surface area (Å²) in [5, 5.41) is 3.59. The molecule has 3 atom stereocenters. The number of hydrogen-bond donors (Lipinski definition) is 2. The molecule has 2 fully saturated rings. The Morgan fingerprint density at radius 1 is 1.38 bits per heavy atom. The number of rotatable bonds is 3. The molecule has 21 heavy (non-hydrogen) atoms. The Morgan fingerprint density at radius 3 is 2.67 bits per heavy atom. The maximum Gasteiger partial charge on any atom is 0.135 e. The first-order valence-corrected chi connectivity index (χ1v) is 8.01. The number of fused-ring (bicyclic) bond motifs is 2. The minimum Gasteiger partial charge on any atom is -0.389 e. The molecule has 0 aromatic heterocycles. The molecule has 2 nitrogen and oxygen atoms in total. The van der Waals surface area contributed by atoms with Crippen LogP contribution >= 0.6 is 12.2 Å². The predicted molar refractivity (Wildman–Crippen MR) is 88.9 cm³/mol. The summed E-state index contributed by atoms with van der Waals surface area (Å²) < 4.78 is 14.0. The van der Waals surface area contributed by atoms with E-state index in [4.69, 9.17) is 18.0 Å². The van der Waals surface area contributed by atoms with Crippen LogP contribution in [0.3, 0.4) is 0 Å². The summed E-state index contributed by atoms with van der Waals surface area (Å²) in [6, 6.07) is 5.32. The fourth-order valence-electron chi connectivity index (χ4n) is 4.71. The van der Waals surface area contributed by atoms with Crippen LogP contribution in [0.15, 0.2) is 18.2 Å². The maximum atomic E-state index is 14.0. The number of benzene rings is 1. The summed E-state index contributed by atoms with van der Waals surface area (Å²) in [6.07, 6.45) is 3.78. The molecule has 0 heterocycles. The van der Waals surface area contributed by atoms with E-state index < -0.39 is 0 Å². The van der Waals surface area contributed by atoms with E-state index in [1.54, 1.807) is 6.07 Å². The summed E-state index contributed by atoms with van der Waals surface area (Å²) in [7, 11) is 0. The van der Waals surface area contributed by atoms with Crippen molar-refractivity contribution in [3.63, 3.8) is 0 Å². The molecule has 1 aromatic carbocycles. The Labute approximate surface area is 131 Å².